The minimum absolute atomic E-state index is 0.237. The molecule has 3 amide bonds. The van der Waals surface area contributed by atoms with Gasteiger partial charge in [-0.1, -0.05) is 42.5 Å². The molecular formula is C22H24BN3O6. The normalized spacial score (nSPS) is 15.6. The minimum Gasteiger partial charge on any atom is -0.465 e. The Balaban J connectivity index is 1.77. The first kappa shape index (κ1) is 23.0. The molecule has 10 heteroatoms. The van der Waals surface area contributed by atoms with Gasteiger partial charge >= 0.3 is 13.2 Å². The number of nitrogens with one attached hydrogen (secondary N) is 1. The van der Waals surface area contributed by atoms with Crippen LogP contribution in [-0.2, 0) is 9.59 Å². The smallest absolute Gasteiger partial charge is 0.465 e. The molecule has 32 heavy (non-hydrogen) atoms. The fourth-order valence-electron chi connectivity index (χ4n) is 3.46. The molecule has 0 bridgehead atoms. The van der Waals surface area contributed by atoms with Crippen molar-refractivity contribution in [2.24, 2.45) is 0 Å². The topological polar surface area (TPSA) is 130 Å². The van der Waals surface area contributed by atoms with Crippen LogP contribution in [0.2, 0.25) is 0 Å². The summed E-state index contributed by atoms with van der Waals surface area (Å²) < 4.78 is 0. The monoisotopic (exact) mass is 437 g/mol. The molecule has 2 aromatic carbocycles. The molecule has 1 fully saturated rings. The van der Waals surface area contributed by atoms with E-state index in [0.717, 1.165) is 5.56 Å². The average Bonchev–Trinajstić information content (AvgIpc) is 3.24. The molecule has 0 aromatic heterocycles. The molecule has 0 aliphatic carbocycles. The van der Waals surface area contributed by atoms with E-state index in [0.29, 0.717) is 18.7 Å². The van der Waals surface area contributed by atoms with Crippen LogP contribution in [0.15, 0.2) is 60.7 Å². The maximum Gasteiger partial charge on any atom is 0.488 e. The molecule has 0 radical (unpaired) electrons. The van der Waals surface area contributed by atoms with E-state index in [1.165, 1.54) is 40.1 Å². The second kappa shape index (κ2) is 10.6. The van der Waals surface area contributed by atoms with Crippen molar-refractivity contribution in [2.45, 2.75) is 12.5 Å². The number of benzene rings is 2. The Morgan fingerprint density at radius 3 is 2.41 bits per heavy atom. The fourth-order valence-corrected chi connectivity index (χ4v) is 3.46. The van der Waals surface area contributed by atoms with E-state index in [4.69, 9.17) is 5.11 Å². The molecule has 1 aliphatic heterocycles. The number of carboxylic acid groups (broad SMARTS) is 1. The number of anilines is 1. The van der Waals surface area contributed by atoms with E-state index in [9.17, 15) is 24.4 Å². The van der Waals surface area contributed by atoms with E-state index < -0.39 is 19.1 Å². The number of likely N-dealkylation sites (tertiary alicyclic amines) is 1. The van der Waals surface area contributed by atoms with Crippen molar-refractivity contribution in [1.29, 1.82) is 0 Å². The van der Waals surface area contributed by atoms with Gasteiger partial charge in [-0.2, -0.15) is 0 Å². The number of rotatable bonds is 7. The highest BCUT2D eigenvalue weighted by atomic mass is 16.4. The summed E-state index contributed by atoms with van der Waals surface area (Å²) in [5, 5.41) is 29.9. The first-order valence-corrected chi connectivity index (χ1v) is 10.1. The van der Waals surface area contributed by atoms with Crippen LogP contribution in [0.3, 0.4) is 0 Å². The maximum absolute atomic E-state index is 13.0. The third-order valence-electron chi connectivity index (χ3n) is 5.15. The van der Waals surface area contributed by atoms with Gasteiger partial charge in [0.1, 0.15) is 6.54 Å². The number of carbonyl (C=O) groups is 3. The Morgan fingerprint density at radius 1 is 1.09 bits per heavy atom. The van der Waals surface area contributed by atoms with Gasteiger partial charge in [0, 0.05) is 24.9 Å². The third kappa shape index (κ3) is 6.19. The average molecular weight is 437 g/mol. The second-order valence-corrected chi connectivity index (χ2v) is 7.41. The number of hydrogen-bond donors (Lipinski definition) is 4. The zero-order valence-corrected chi connectivity index (χ0v) is 17.3. The van der Waals surface area contributed by atoms with Gasteiger partial charge in [-0.3, -0.25) is 14.5 Å². The summed E-state index contributed by atoms with van der Waals surface area (Å²) in [6.45, 7) is 0.392. The highest BCUT2D eigenvalue weighted by Gasteiger charge is 2.29. The summed E-state index contributed by atoms with van der Waals surface area (Å²) in [5.41, 5.74) is 1.51. The van der Waals surface area contributed by atoms with E-state index in [1.54, 1.807) is 6.08 Å². The molecule has 2 aromatic rings. The van der Waals surface area contributed by atoms with Gasteiger partial charge in [0.05, 0.1) is 6.04 Å². The molecular weight excluding hydrogens is 413 g/mol. The number of hydrogen-bond acceptors (Lipinski definition) is 5. The van der Waals surface area contributed by atoms with Crippen LogP contribution in [0.25, 0.3) is 6.08 Å². The molecule has 0 saturated carbocycles. The molecule has 1 atom stereocenters. The van der Waals surface area contributed by atoms with Gasteiger partial charge in [-0.05, 0) is 35.7 Å². The van der Waals surface area contributed by atoms with Crippen LogP contribution in [0.5, 0.6) is 0 Å². The molecule has 0 spiro atoms. The van der Waals surface area contributed by atoms with Gasteiger partial charge in [0.15, 0.2) is 0 Å². The number of amides is 3. The third-order valence-corrected chi connectivity index (χ3v) is 5.15. The van der Waals surface area contributed by atoms with Crippen LogP contribution in [-0.4, -0.2) is 70.8 Å². The van der Waals surface area contributed by atoms with Crippen LogP contribution < -0.4 is 15.7 Å². The Labute approximate surface area is 185 Å². The Hall–Kier alpha value is -3.63. The lowest BCUT2D eigenvalue weighted by Gasteiger charge is -2.24. The van der Waals surface area contributed by atoms with Crippen LogP contribution in [0.4, 0.5) is 10.5 Å². The maximum atomic E-state index is 13.0. The second-order valence-electron chi connectivity index (χ2n) is 7.41. The standard InChI is InChI=1S/C22H24BN3O6/c27-20(11-6-16-4-2-1-3-5-16)26(19-9-7-17(8-10-19)23(31)32)15-21(28)25-13-12-18(14-25)24-22(29)30/h1-11,18,24,31-32H,12-15H2,(H,29,30)/t18-/m0/s1. The Kier molecular flexibility index (Phi) is 7.64. The molecule has 4 N–H and O–H groups in total. The van der Waals surface area contributed by atoms with Crippen LogP contribution in [0.1, 0.15) is 12.0 Å². The first-order chi connectivity index (χ1) is 15.3. The van der Waals surface area contributed by atoms with Crippen molar-refractivity contribution in [3.05, 3.63) is 66.2 Å². The van der Waals surface area contributed by atoms with Crippen LogP contribution >= 0.6 is 0 Å². The highest BCUT2D eigenvalue weighted by Crippen LogP contribution is 2.16. The molecule has 0 unspecified atom stereocenters. The molecule has 3 rings (SSSR count). The number of nitrogens with zero attached hydrogens (tertiary/aromatic N) is 2. The molecule has 1 aliphatic rings. The molecule has 1 saturated heterocycles. The van der Waals surface area contributed by atoms with Crippen molar-refractivity contribution < 1.29 is 29.5 Å². The van der Waals surface area contributed by atoms with E-state index in [1.807, 2.05) is 30.3 Å². The summed E-state index contributed by atoms with van der Waals surface area (Å²) in [6.07, 6.45) is 2.38. The summed E-state index contributed by atoms with van der Waals surface area (Å²) in [7, 11) is -1.64. The zero-order chi connectivity index (χ0) is 23.1. The quantitative estimate of drug-likeness (QED) is 0.364. The van der Waals surface area contributed by atoms with Crippen molar-refractivity contribution in [1.82, 2.24) is 10.2 Å². The molecule has 9 nitrogen and oxygen atoms in total. The molecule has 166 valence electrons. The summed E-state index contributed by atoms with van der Waals surface area (Å²) in [6, 6.07) is 14.9. The summed E-state index contributed by atoms with van der Waals surface area (Å²) in [4.78, 5) is 39.5. The minimum atomic E-state index is -1.64. The van der Waals surface area contributed by atoms with Gasteiger partial charge in [0.2, 0.25) is 5.91 Å². The highest BCUT2D eigenvalue weighted by molar-refractivity contribution is 6.58. The predicted octanol–water partition coefficient (Wildman–Crippen LogP) is 0.281. The van der Waals surface area contributed by atoms with E-state index in [-0.39, 0.29) is 30.5 Å². The SMILES string of the molecule is O=C(O)N[C@H]1CCN(C(=O)CN(C(=O)C=Cc2ccccc2)c2ccc(B(O)O)cc2)C1. The van der Waals surface area contributed by atoms with Crippen molar-refractivity contribution >= 4 is 42.3 Å². The lowest BCUT2D eigenvalue weighted by molar-refractivity contribution is -0.130. The predicted molar refractivity (Wildman–Crippen MR) is 120 cm³/mol. The lowest BCUT2D eigenvalue weighted by Crippen LogP contribution is -2.43. The van der Waals surface area contributed by atoms with Gasteiger partial charge in [0.25, 0.3) is 5.91 Å². The van der Waals surface area contributed by atoms with Crippen molar-refractivity contribution in [2.75, 3.05) is 24.5 Å². The summed E-state index contributed by atoms with van der Waals surface area (Å²) in [5.74, 6) is -0.730. The number of carbonyl (C=O) groups excluding carboxylic acids is 2. The van der Waals surface area contributed by atoms with Gasteiger partial charge in [-0.15, -0.1) is 0 Å². The Bertz CT molecular complexity index is 981. The van der Waals surface area contributed by atoms with E-state index >= 15 is 0 Å². The zero-order valence-electron chi connectivity index (χ0n) is 17.3. The van der Waals surface area contributed by atoms with Crippen molar-refractivity contribution in [3.63, 3.8) is 0 Å². The van der Waals surface area contributed by atoms with Gasteiger partial charge < -0.3 is 25.4 Å². The van der Waals surface area contributed by atoms with E-state index in [2.05, 4.69) is 5.32 Å². The summed E-state index contributed by atoms with van der Waals surface area (Å²) >= 11 is 0. The van der Waals surface area contributed by atoms with Crippen LogP contribution in [0, 0.1) is 0 Å². The Morgan fingerprint density at radius 2 is 1.78 bits per heavy atom. The first-order valence-electron chi connectivity index (χ1n) is 10.1. The molecule has 1 heterocycles. The largest absolute Gasteiger partial charge is 0.488 e. The van der Waals surface area contributed by atoms with Gasteiger partial charge in [-0.25, -0.2) is 4.79 Å². The van der Waals surface area contributed by atoms with Crippen molar-refractivity contribution in [3.8, 4) is 0 Å². The fraction of sp³-hybridized carbons (Fsp3) is 0.227. The lowest BCUT2D eigenvalue weighted by atomic mass is 9.80.